The van der Waals surface area contributed by atoms with Crippen LogP contribution in [0.2, 0.25) is 0 Å². The minimum absolute atomic E-state index is 0.00425. The zero-order valence-electron chi connectivity index (χ0n) is 16.0. The van der Waals surface area contributed by atoms with E-state index in [0.717, 1.165) is 25.0 Å². The predicted molar refractivity (Wildman–Crippen MR) is 94.7 cm³/mol. The Bertz CT molecular complexity index is 704. The fourth-order valence-electron chi connectivity index (χ4n) is 2.88. The Morgan fingerprint density at radius 3 is 2.62 bits per heavy atom. The summed E-state index contributed by atoms with van der Waals surface area (Å²) in [5.74, 6) is -3.68. The summed E-state index contributed by atoms with van der Waals surface area (Å²) in [5, 5.41) is 0. The third-order valence-corrected chi connectivity index (χ3v) is 4.39. The van der Waals surface area contributed by atoms with Crippen molar-refractivity contribution < 1.29 is 41.4 Å². The highest BCUT2D eigenvalue weighted by Crippen LogP contribution is 2.27. The van der Waals surface area contributed by atoms with Gasteiger partial charge in [0.05, 0.1) is 19.4 Å². The van der Waals surface area contributed by atoms with Crippen molar-refractivity contribution in [3.05, 3.63) is 29.6 Å². The number of anilines is 1. The van der Waals surface area contributed by atoms with Gasteiger partial charge in [-0.15, -0.1) is 0 Å². The topological polar surface area (TPSA) is 65.1 Å². The van der Waals surface area contributed by atoms with Crippen molar-refractivity contribution in [3.63, 3.8) is 0 Å². The summed E-state index contributed by atoms with van der Waals surface area (Å²) < 4.78 is 68.7. The Balaban J connectivity index is 2.10. The highest BCUT2D eigenvalue weighted by Gasteiger charge is 2.43. The molecule has 0 aliphatic carbocycles. The van der Waals surface area contributed by atoms with Crippen molar-refractivity contribution in [1.29, 1.82) is 0 Å². The van der Waals surface area contributed by atoms with E-state index in [9.17, 15) is 27.2 Å². The Hall–Kier alpha value is -2.20. The first-order valence-electron chi connectivity index (χ1n) is 9.19. The van der Waals surface area contributed by atoms with Crippen molar-refractivity contribution >= 4 is 17.6 Å². The van der Waals surface area contributed by atoms with Crippen LogP contribution in [-0.2, 0) is 30.2 Å². The molecule has 1 fully saturated rings. The first-order valence-corrected chi connectivity index (χ1v) is 9.19. The smallest absolute Gasteiger partial charge is 0.469 e. The molecule has 1 saturated heterocycles. The van der Waals surface area contributed by atoms with Gasteiger partial charge in [0, 0.05) is 19.6 Å². The van der Waals surface area contributed by atoms with Crippen LogP contribution < -0.4 is 4.90 Å². The molecule has 10 heteroatoms. The van der Waals surface area contributed by atoms with Gasteiger partial charge < -0.3 is 14.2 Å². The highest BCUT2D eigenvalue weighted by atomic mass is 19.4. The van der Waals surface area contributed by atoms with Crippen LogP contribution in [0, 0.1) is 5.82 Å². The van der Waals surface area contributed by atoms with Crippen LogP contribution >= 0.6 is 0 Å². The van der Waals surface area contributed by atoms with Crippen LogP contribution in [0.5, 0.6) is 0 Å². The molecule has 29 heavy (non-hydrogen) atoms. The molecule has 1 heterocycles. The first-order chi connectivity index (χ1) is 13.7. The molecule has 1 aromatic carbocycles. The largest absolute Gasteiger partial charge is 0.471 e. The first kappa shape index (κ1) is 23.1. The van der Waals surface area contributed by atoms with Gasteiger partial charge in [-0.3, -0.25) is 14.5 Å². The zero-order chi connectivity index (χ0) is 21.4. The average molecular weight is 421 g/mol. The average Bonchev–Trinajstić information content (AvgIpc) is 2.69. The maximum Gasteiger partial charge on any atom is 0.471 e. The Morgan fingerprint density at radius 1 is 1.28 bits per heavy atom. The Morgan fingerprint density at radius 2 is 2.03 bits per heavy atom. The van der Waals surface area contributed by atoms with Gasteiger partial charge in [0.1, 0.15) is 5.82 Å². The van der Waals surface area contributed by atoms with Gasteiger partial charge in [-0.1, -0.05) is 6.07 Å². The number of alkyl halides is 3. The monoisotopic (exact) mass is 421 g/mol. The SMILES string of the molecule is COC(=O)CCc1ccc(N(CCOC2CCCCO2)C(=O)C(F)(F)F)c(F)c1. The standard InChI is InChI=1S/C19H23F4NO5/c1-27-16(25)8-6-13-5-7-15(14(20)12-13)24(18(26)19(21,22)23)9-11-29-17-4-2-3-10-28-17/h5,7,12,17H,2-4,6,8-11H2,1H3. The minimum atomic E-state index is -5.17. The van der Waals surface area contributed by atoms with Crippen LogP contribution in [0.25, 0.3) is 0 Å². The Kier molecular flexibility index (Phi) is 8.39. The molecule has 2 rings (SSSR count). The van der Waals surface area contributed by atoms with Crippen LogP contribution in [0.3, 0.4) is 0 Å². The summed E-state index contributed by atoms with van der Waals surface area (Å²) in [6.07, 6.45) is -3.20. The summed E-state index contributed by atoms with van der Waals surface area (Å²) in [4.78, 5) is 23.3. The van der Waals surface area contributed by atoms with Crippen molar-refractivity contribution in [2.24, 2.45) is 0 Å². The minimum Gasteiger partial charge on any atom is -0.469 e. The van der Waals surface area contributed by atoms with Crippen LogP contribution in [0.4, 0.5) is 23.2 Å². The number of esters is 1. The quantitative estimate of drug-likeness (QED) is 0.476. The van der Waals surface area contributed by atoms with E-state index in [1.165, 1.54) is 13.2 Å². The molecule has 1 atom stereocenters. The maximum absolute atomic E-state index is 14.5. The fourth-order valence-corrected chi connectivity index (χ4v) is 2.88. The molecule has 1 unspecified atom stereocenters. The van der Waals surface area contributed by atoms with Gasteiger partial charge in [0.15, 0.2) is 6.29 Å². The predicted octanol–water partition coefficient (Wildman–Crippen LogP) is 3.37. The number of benzene rings is 1. The summed E-state index contributed by atoms with van der Waals surface area (Å²) in [5.41, 5.74) is -0.120. The third kappa shape index (κ3) is 6.97. The molecule has 0 aromatic heterocycles. The number of methoxy groups -OCH3 is 1. The van der Waals surface area contributed by atoms with Gasteiger partial charge in [0.2, 0.25) is 0 Å². The Labute approximate surface area is 165 Å². The summed E-state index contributed by atoms with van der Waals surface area (Å²) >= 11 is 0. The summed E-state index contributed by atoms with van der Waals surface area (Å²) in [6.45, 7) is -0.232. The van der Waals surface area contributed by atoms with E-state index in [4.69, 9.17) is 9.47 Å². The number of rotatable bonds is 8. The lowest BCUT2D eigenvalue weighted by Gasteiger charge is -2.27. The number of halogens is 4. The third-order valence-electron chi connectivity index (χ3n) is 4.39. The molecule has 0 radical (unpaired) electrons. The molecular formula is C19H23F4NO5. The number of aryl methyl sites for hydroxylation is 1. The number of hydrogen-bond donors (Lipinski definition) is 0. The number of amides is 1. The second-order valence-electron chi connectivity index (χ2n) is 6.48. The molecular weight excluding hydrogens is 398 g/mol. The van der Waals surface area contributed by atoms with E-state index in [0.29, 0.717) is 23.5 Å². The molecule has 0 saturated carbocycles. The van der Waals surface area contributed by atoms with Crippen LogP contribution in [0.15, 0.2) is 18.2 Å². The molecule has 1 aromatic rings. The van der Waals surface area contributed by atoms with Gasteiger partial charge >= 0.3 is 18.1 Å². The van der Waals surface area contributed by atoms with E-state index in [1.807, 2.05) is 0 Å². The zero-order valence-corrected chi connectivity index (χ0v) is 16.0. The van der Waals surface area contributed by atoms with Crippen LogP contribution in [0.1, 0.15) is 31.2 Å². The number of carbonyl (C=O) groups excluding carboxylic acids is 2. The van der Waals surface area contributed by atoms with Crippen molar-refractivity contribution in [3.8, 4) is 0 Å². The lowest BCUT2D eigenvalue weighted by Crippen LogP contribution is -2.44. The van der Waals surface area contributed by atoms with Gasteiger partial charge in [0.25, 0.3) is 0 Å². The van der Waals surface area contributed by atoms with E-state index < -0.39 is 42.4 Å². The second kappa shape index (κ2) is 10.5. The molecule has 1 aliphatic heterocycles. The van der Waals surface area contributed by atoms with Gasteiger partial charge in [-0.05, 0) is 43.4 Å². The molecule has 1 aliphatic rings. The number of nitrogens with zero attached hydrogens (tertiary/aromatic N) is 1. The lowest BCUT2D eigenvalue weighted by molar-refractivity contribution is -0.173. The number of ether oxygens (including phenoxy) is 3. The molecule has 6 nitrogen and oxygen atoms in total. The van der Waals surface area contributed by atoms with Crippen molar-refractivity contribution in [2.45, 2.75) is 44.6 Å². The molecule has 162 valence electrons. The van der Waals surface area contributed by atoms with Gasteiger partial charge in [-0.2, -0.15) is 13.2 Å². The van der Waals surface area contributed by atoms with E-state index >= 15 is 0 Å². The van der Waals surface area contributed by atoms with E-state index in [-0.39, 0.29) is 19.4 Å². The maximum atomic E-state index is 14.5. The van der Waals surface area contributed by atoms with Gasteiger partial charge in [-0.25, -0.2) is 4.39 Å². The molecule has 0 N–H and O–H groups in total. The van der Waals surface area contributed by atoms with E-state index in [1.54, 1.807) is 0 Å². The number of hydrogen-bond acceptors (Lipinski definition) is 5. The van der Waals surface area contributed by atoms with Crippen molar-refractivity contribution in [1.82, 2.24) is 0 Å². The van der Waals surface area contributed by atoms with Crippen LogP contribution in [-0.4, -0.2) is 51.2 Å². The summed E-state index contributed by atoms with van der Waals surface area (Å²) in [7, 11) is 1.22. The second-order valence-corrected chi connectivity index (χ2v) is 6.48. The van der Waals surface area contributed by atoms with Crippen molar-refractivity contribution in [2.75, 3.05) is 31.8 Å². The van der Waals surface area contributed by atoms with E-state index in [2.05, 4.69) is 4.74 Å². The molecule has 0 spiro atoms. The fraction of sp³-hybridized carbons (Fsp3) is 0.579. The molecule has 0 bridgehead atoms. The lowest BCUT2D eigenvalue weighted by atomic mass is 10.1. The number of carbonyl (C=O) groups is 2. The summed E-state index contributed by atoms with van der Waals surface area (Å²) in [6, 6.07) is 3.45. The highest BCUT2D eigenvalue weighted by molar-refractivity contribution is 5.97. The normalized spacial score (nSPS) is 17.1. The molecule has 1 amide bonds.